The molecular weight excluding hydrogens is 313 g/mol. The van der Waals surface area contributed by atoms with Crippen LogP contribution in [0, 0.1) is 12.7 Å². The number of hydrogen-bond acceptors (Lipinski definition) is 2. The summed E-state index contributed by atoms with van der Waals surface area (Å²) in [7, 11) is 0. The summed E-state index contributed by atoms with van der Waals surface area (Å²) in [5, 5.41) is 3.44. The molecule has 1 N–H and O–H groups in total. The van der Waals surface area contributed by atoms with Crippen molar-refractivity contribution in [3.8, 4) is 0 Å². The van der Waals surface area contributed by atoms with E-state index in [0.717, 1.165) is 12.1 Å². The van der Waals surface area contributed by atoms with Crippen molar-refractivity contribution in [3.05, 3.63) is 55.9 Å². The van der Waals surface area contributed by atoms with Gasteiger partial charge in [0.15, 0.2) is 0 Å². The van der Waals surface area contributed by atoms with Crippen molar-refractivity contribution < 1.29 is 4.39 Å². The zero-order valence-corrected chi connectivity index (χ0v) is 12.7. The van der Waals surface area contributed by atoms with Crippen molar-refractivity contribution in [1.82, 2.24) is 5.32 Å². The van der Waals surface area contributed by atoms with Gasteiger partial charge in [-0.05, 0) is 59.2 Å². The van der Waals surface area contributed by atoms with Gasteiger partial charge in [0.2, 0.25) is 0 Å². The van der Waals surface area contributed by atoms with Crippen LogP contribution in [0.1, 0.15) is 28.3 Å². The van der Waals surface area contributed by atoms with Gasteiger partial charge in [0.25, 0.3) is 0 Å². The molecular formula is C14H15BrFNS. The molecule has 18 heavy (non-hydrogen) atoms. The summed E-state index contributed by atoms with van der Waals surface area (Å²) in [6.07, 6.45) is 0. The molecule has 0 amide bonds. The number of benzene rings is 1. The Bertz CT molecular complexity index is 538. The van der Waals surface area contributed by atoms with Crippen LogP contribution in [0.5, 0.6) is 0 Å². The molecule has 1 aromatic heterocycles. The van der Waals surface area contributed by atoms with Gasteiger partial charge in [-0.25, -0.2) is 4.39 Å². The lowest BCUT2D eigenvalue weighted by molar-refractivity contribution is 0.611. The standard InChI is InChI=1S/C14H15BrFNS/c1-3-17-14(13-7-4-9(2)18-13)10-5-6-12(16)11(15)8-10/h4-8,14,17H,3H2,1-2H3. The highest BCUT2D eigenvalue weighted by molar-refractivity contribution is 9.10. The van der Waals surface area contributed by atoms with Crippen LogP contribution < -0.4 is 5.32 Å². The topological polar surface area (TPSA) is 12.0 Å². The molecule has 2 aromatic rings. The van der Waals surface area contributed by atoms with Gasteiger partial charge in [0.1, 0.15) is 5.82 Å². The predicted octanol–water partition coefficient (Wildman–Crippen LogP) is 4.66. The number of hydrogen-bond donors (Lipinski definition) is 1. The number of aryl methyl sites for hydroxylation is 1. The summed E-state index contributed by atoms with van der Waals surface area (Å²) in [6.45, 7) is 5.04. The largest absolute Gasteiger partial charge is 0.306 e. The van der Waals surface area contributed by atoms with Gasteiger partial charge in [0.05, 0.1) is 10.5 Å². The van der Waals surface area contributed by atoms with E-state index in [2.05, 4.69) is 47.2 Å². The van der Waals surface area contributed by atoms with Crippen LogP contribution in [0.25, 0.3) is 0 Å². The minimum atomic E-state index is -0.226. The normalized spacial score (nSPS) is 12.7. The smallest absolute Gasteiger partial charge is 0.137 e. The van der Waals surface area contributed by atoms with E-state index in [4.69, 9.17) is 0 Å². The van der Waals surface area contributed by atoms with Gasteiger partial charge in [-0.3, -0.25) is 0 Å². The van der Waals surface area contributed by atoms with Crippen LogP contribution in [0.4, 0.5) is 4.39 Å². The molecule has 0 aliphatic carbocycles. The molecule has 4 heteroatoms. The van der Waals surface area contributed by atoms with E-state index in [1.165, 1.54) is 15.8 Å². The van der Waals surface area contributed by atoms with Gasteiger partial charge >= 0.3 is 0 Å². The van der Waals surface area contributed by atoms with E-state index in [9.17, 15) is 4.39 Å². The summed E-state index contributed by atoms with van der Waals surface area (Å²) < 4.78 is 13.8. The minimum Gasteiger partial charge on any atom is -0.306 e. The van der Waals surface area contributed by atoms with Crippen molar-refractivity contribution in [2.24, 2.45) is 0 Å². The molecule has 1 unspecified atom stereocenters. The van der Waals surface area contributed by atoms with E-state index >= 15 is 0 Å². The number of nitrogens with one attached hydrogen (secondary N) is 1. The predicted molar refractivity (Wildman–Crippen MR) is 78.7 cm³/mol. The maximum Gasteiger partial charge on any atom is 0.137 e. The lowest BCUT2D eigenvalue weighted by atomic mass is 10.1. The highest BCUT2D eigenvalue weighted by atomic mass is 79.9. The Morgan fingerprint density at radius 3 is 2.67 bits per heavy atom. The van der Waals surface area contributed by atoms with Crippen molar-refractivity contribution in [1.29, 1.82) is 0 Å². The fourth-order valence-corrected chi connectivity index (χ4v) is 3.27. The maximum absolute atomic E-state index is 13.3. The van der Waals surface area contributed by atoms with Crippen LogP contribution in [-0.4, -0.2) is 6.54 Å². The Morgan fingerprint density at radius 1 is 1.33 bits per heavy atom. The van der Waals surface area contributed by atoms with Crippen LogP contribution in [0.15, 0.2) is 34.8 Å². The summed E-state index contributed by atoms with van der Waals surface area (Å²) in [6, 6.07) is 9.56. The lowest BCUT2D eigenvalue weighted by Gasteiger charge is -2.17. The van der Waals surface area contributed by atoms with Gasteiger partial charge in [-0.15, -0.1) is 11.3 Å². The Labute approximate surface area is 119 Å². The summed E-state index contributed by atoms with van der Waals surface area (Å²) >= 11 is 5.01. The third-order valence-electron chi connectivity index (χ3n) is 2.73. The van der Waals surface area contributed by atoms with Crippen LogP contribution >= 0.6 is 27.3 Å². The lowest BCUT2D eigenvalue weighted by Crippen LogP contribution is -2.21. The van der Waals surface area contributed by atoms with E-state index in [-0.39, 0.29) is 11.9 Å². The molecule has 0 aliphatic heterocycles. The molecule has 0 aliphatic rings. The second-order valence-electron chi connectivity index (χ2n) is 4.11. The van der Waals surface area contributed by atoms with E-state index in [1.54, 1.807) is 11.3 Å². The van der Waals surface area contributed by atoms with Crippen molar-refractivity contribution in [2.45, 2.75) is 19.9 Å². The monoisotopic (exact) mass is 327 g/mol. The molecule has 0 bridgehead atoms. The molecule has 2 rings (SSSR count). The Kier molecular flexibility index (Phi) is 4.54. The van der Waals surface area contributed by atoms with Gasteiger partial charge in [-0.2, -0.15) is 0 Å². The fourth-order valence-electron chi connectivity index (χ4n) is 1.89. The summed E-state index contributed by atoms with van der Waals surface area (Å²) in [5.41, 5.74) is 1.08. The zero-order chi connectivity index (χ0) is 13.1. The molecule has 0 saturated heterocycles. The Balaban J connectivity index is 2.37. The highest BCUT2D eigenvalue weighted by Crippen LogP contribution is 2.30. The van der Waals surface area contributed by atoms with E-state index in [1.807, 2.05) is 12.1 Å². The molecule has 1 aromatic carbocycles. The molecule has 0 radical (unpaired) electrons. The third kappa shape index (κ3) is 2.99. The Morgan fingerprint density at radius 2 is 2.11 bits per heavy atom. The quantitative estimate of drug-likeness (QED) is 0.861. The average molecular weight is 328 g/mol. The van der Waals surface area contributed by atoms with Gasteiger partial charge in [0, 0.05) is 9.75 Å². The van der Waals surface area contributed by atoms with Crippen LogP contribution in [0.3, 0.4) is 0 Å². The fraction of sp³-hybridized carbons (Fsp3) is 0.286. The summed E-state index contributed by atoms with van der Waals surface area (Å²) in [4.78, 5) is 2.54. The molecule has 96 valence electrons. The average Bonchev–Trinajstić information content (AvgIpc) is 2.76. The number of thiophene rings is 1. The highest BCUT2D eigenvalue weighted by Gasteiger charge is 2.15. The van der Waals surface area contributed by atoms with Crippen molar-refractivity contribution in [2.75, 3.05) is 6.54 Å². The number of rotatable bonds is 4. The van der Waals surface area contributed by atoms with E-state index < -0.39 is 0 Å². The van der Waals surface area contributed by atoms with Crippen molar-refractivity contribution in [3.63, 3.8) is 0 Å². The van der Waals surface area contributed by atoms with Crippen LogP contribution in [-0.2, 0) is 0 Å². The molecule has 0 saturated carbocycles. The van der Waals surface area contributed by atoms with E-state index in [0.29, 0.717) is 4.47 Å². The zero-order valence-electron chi connectivity index (χ0n) is 10.3. The number of halogens is 2. The molecule has 1 atom stereocenters. The first-order valence-electron chi connectivity index (χ1n) is 5.86. The first-order chi connectivity index (χ1) is 8.61. The van der Waals surface area contributed by atoms with Gasteiger partial charge in [-0.1, -0.05) is 13.0 Å². The van der Waals surface area contributed by atoms with Crippen LogP contribution in [0.2, 0.25) is 0 Å². The second-order valence-corrected chi connectivity index (χ2v) is 6.29. The van der Waals surface area contributed by atoms with Gasteiger partial charge < -0.3 is 5.32 Å². The van der Waals surface area contributed by atoms with Crippen molar-refractivity contribution >= 4 is 27.3 Å². The first kappa shape index (κ1) is 13.7. The third-order valence-corrected chi connectivity index (χ3v) is 4.40. The Hall–Kier alpha value is -0.710. The maximum atomic E-state index is 13.3. The molecule has 1 nitrogen and oxygen atoms in total. The SMILES string of the molecule is CCNC(c1ccc(F)c(Br)c1)c1ccc(C)s1. The first-order valence-corrected chi connectivity index (χ1v) is 7.47. The molecule has 0 fully saturated rings. The summed E-state index contributed by atoms with van der Waals surface area (Å²) in [5.74, 6) is -0.226. The molecule has 0 spiro atoms. The minimum absolute atomic E-state index is 0.130. The second kappa shape index (κ2) is 5.95. The molecule has 1 heterocycles.